The number of methoxy groups -OCH3 is 1. The molecule has 0 saturated heterocycles. The maximum absolute atomic E-state index is 11.1. The van der Waals surface area contributed by atoms with Crippen LogP contribution in [0.25, 0.3) is 0 Å². The number of rotatable bonds is 5. The van der Waals surface area contributed by atoms with E-state index in [1.807, 2.05) is 6.92 Å². The van der Waals surface area contributed by atoms with Gasteiger partial charge in [0, 0.05) is 22.2 Å². The molecule has 16 heavy (non-hydrogen) atoms. The van der Waals surface area contributed by atoms with Gasteiger partial charge in [-0.15, -0.1) is 11.3 Å². The van der Waals surface area contributed by atoms with Gasteiger partial charge in [0.1, 0.15) is 0 Å². The van der Waals surface area contributed by atoms with Gasteiger partial charge in [-0.3, -0.25) is 4.79 Å². The summed E-state index contributed by atoms with van der Waals surface area (Å²) in [6.07, 6.45) is 1.25. The predicted octanol–water partition coefficient (Wildman–Crippen LogP) is 2.65. The molecule has 0 aliphatic rings. The first-order valence-electron chi connectivity index (χ1n) is 5.41. The Morgan fingerprint density at radius 1 is 1.56 bits per heavy atom. The summed E-state index contributed by atoms with van der Waals surface area (Å²) in [6, 6.07) is 4.17. The van der Waals surface area contributed by atoms with Crippen LogP contribution >= 0.6 is 11.3 Å². The summed E-state index contributed by atoms with van der Waals surface area (Å²) in [5, 5.41) is 0. The van der Waals surface area contributed by atoms with E-state index in [4.69, 9.17) is 5.73 Å². The van der Waals surface area contributed by atoms with E-state index in [0.717, 1.165) is 6.42 Å². The Morgan fingerprint density at radius 2 is 2.25 bits per heavy atom. The summed E-state index contributed by atoms with van der Waals surface area (Å²) in [6.45, 7) is 4.09. The molecule has 2 atom stereocenters. The van der Waals surface area contributed by atoms with Gasteiger partial charge in [-0.1, -0.05) is 6.92 Å². The molecule has 1 aromatic heterocycles. The first kappa shape index (κ1) is 13.2. The number of ether oxygens (including phenoxy) is 1. The number of esters is 1. The fraction of sp³-hybridized carbons (Fsp3) is 0.583. The highest BCUT2D eigenvalue weighted by molar-refractivity contribution is 7.12. The molecule has 0 aliphatic carbocycles. The largest absolute Gasteiger partial charge is 0.469 e. The van der Waals surface area contributed by atoms with Crippen LogP contribution in [-0.4, -0.2) is 13.1 Å². The molecular formula is C12H19NO2S. The lowest BCUT2D eigenvalue weighted by Gasteiger charge is -2.15. The van der Waals surface area contributed by atoms with Crippen molar-refractivity contribution >= 4 is 17.3 Å². The normalized spacial score (nSPS) is 14.5. The molecule has 90 valence electrons. The van der Waals surface area contributed by atoms with Crippen LogP contribution in [0.15, 0.2) is 12.1 Å². The Bertz CT molecular complexity index is 349. The monoisotopic (exact) mass is 241 g/mol. The van der Waals surface area contributed by atoms with Crippen molar-refractivity contribution in [3.63, 3.8) is 0 Å². The predicted molar refractivity (Wildman–Crippen MR) is 66.4 cm³/mol. The van der Waals surface area contributed by atoms with Crippen LogP contribution in [0, 0.1) is 12.8 Å². The zero-order chi connectivity index (χ0) is 12.1. The van der Waals surface area contributed by atoms with E-state index in [0.29, 0.717) is 6.42 Å². The van der Waals surface area contributed by atoms with Crippen LogP contribution in [0.3, 0.4) is 0 Å². The molecule has 2 N–H and O–H groups in total. The quantitative estimate of drug-likeness (QED) is 0.806. The minimum Gasteiger partial charge on any atom is -0.469 e. The SMILES string of the molecule is COC(=O)CC(C)CC(N)c1ccc(C)s1. The fourth-order valence-electron chi connectivity index (χ4n) is 1.65. The van der Waals surface area contributed by atoms with Gasteiger partial charge in [-0.25, -0.2) is 0 Å². The lowest BCUT2D eigenvalue weighted by Crippen LogP contribution is -2.15. The van der Waals surface area contributed by atoms with Crippen LogP contribution in [0.4, 0.5) is 0 Å². The van der Waals surface area contributed by atoms with Gasteiger partial charge in [0.05, 0.1) is 7.11 Å². The number of aryl methyl sites for hydroxylation is 1. The van der Waals surface area contributed by atoms with E-state index < -0.39 is 0 Å². The molecule has 0 amide bonds. The van der Waals surface area contributed by atoms with Crippen LogP contribution in [0.5, 0.6) is 0 Å². The van der Waals surface area contributed by atoms with Crippen molar-refractivity contribution in [2.24, 2.45) is 11.7 Å². The first-order valence-corrected chi connectivity index (χ1v) is 6.23. The third-order valence-electron chi connectivity index (χ3n) is 2.53. The van der Waals surface area contributed by atoms with Crippen LogP contribution < -0.4 is 5.73 Å². The van der Waals surface area contributed by atoms with Crippen molar-refractivity contribution in [2.75, 3.05) is 7.11 Å². The Balaban J connectivity index is 2.45. The van der Waals surface area contributed by atoms with E-state index in [-0.39, 0.29) is 17.9 Å². The van der Waals surface area contributed by atoms with Crippen molar-refractivity contribution < 1.29 is 9.53 Å². The molecule has 0 spiro atoms. The molecule has 3 nitrogen and oxygen atoms in total. The first-order chi connectivity index (χ1) is 7.52. The molecule has 0 radical (unpaired) electrons. The molecule has 1 rings (SSSR count). The van der Waals surface area contributed by atoms with Crippen molar-refractivity contribution in [3.8, 4) is 0 Å². The second-order valence-electron chi connectivity index (χ2n) is 4.18. The van der Waals surface area contributed by atoms with Gasteiger partial charge in [-0.2, -0.15) is 0 Å². The second-order valence-corrected chi connectivity index (χ2v) is 5.50. The Morgan fingerprint density at radius 3 is 2.75 bits per heavy atom. The van der Waals surface area contributed by atoms with Crippen LogP contribution in [0.1, 0.15) is 35.6 Å². The van der Waals surface area contributed by atoms with E-state index in [9.17, 15) is 4.79 Å². The lowest BCUT2D eigenvalue weighted by molar-refractivity contribution is -0.141. The van der Waals surface area contributed by atoms with Gasteiger partial charge in [0.25, 0.3) is 0 Å². The molecule has 0 saturated carbocycles. The standard InChI is InChI=1S/C12H19NO2S/c1-8(7-12(14)15-3)6-10(13)11-5-4-9(2)16-11/h4-5,8,10H,6-7,13H2,1-3H3. The average Bonchev–Trinajstić information content (AvgIpc) is 2.64. The number of hydrogen-bond acceptors (Lipinski definition) is 4. The van der Waals surface area contributed by atoms with Gasteiger partial charge < -0.3 is 10.5 Å². The molecule has 0 aromatic carbocycles. The summed E-state index contributed by atoms with van der Waals surface area (Å²) in [7, 11) is 1.41. The van der Waals surface area contributed by atoms with Crippen molar-refractivity contribution in [2.45, 2.75) is 32.7 Å². The number of thiophene rings is 1. The Kier molecular flexibility index (Phi) is 4.96. The van der Waals surface area contributed by atoms with Crippen LogP contribution in [0.2, 0.25) is 0 Å². The van der Waals surface area contributed by atoms with Crippen molar-refractivity contribution in [3.05, 3.63) is 21.9 Å². The van der Waals surface area contributed by atoms with Crippen LogP contribution in [-0.2, 0) is 9.53 Å². The Hall–Kier alpha value is -0.870. The topological polar surface area (TPSA) is 52.3 Å². The minimum atomic E-state index is -0.165. The van der Waals surface area contributed by atoms with E-state index >= 15 is 0 Å². The lowest BCUT2D eigenvalue weighted by atomic mass is 9.98. The summed E-state index contributed by atoms with van der Waals surface area (Å²) in [5.74, 6) is 0.0897. The maximum atomic E-state index is 11.1. The van der Waals surface area contributed by atoms with E-state index in [2.05, 4.69) is 23.8 Å². The highest BCUT2D eigenvalue weighted by Crippen LogP contribution is 2.26. The molecule has 0 aliphatic heterocycles. The van der Waals surface area contributed by atoms with Gasteiger partial charge in [0.2, 0.25) is 0 Å². The number of nitrogens with two attached hydrogens (primary N) is 1. The van der Waals surface area contributed by atoms with Crippen molar-refractivity contribution in [1.29, 1.82) is 0 Å². The number of carbonyl (C=O) groups is 1. The summed E-state index contributed by atoms with van der Waals surface area (Å²) in [5.41, 5.74) is 6.08. The van der Waals surface area contributed by atoms with Gasteiger partial charge >= 0.3 is 5.97 Å². The molecule has 0 bridgehead atoms. The number of hydrogen-bond donors (Lipinski definition) is 1. The zero-order valence-corrected chi connectivity index (χ0v) is 10.8. The van der Waals surface area contributed by atoms with E-state index in [1.165, 1.54) is 16.9 Å². The maximum Gasteiger partial charge on any atom is 0.305 e. The summed E-state index contributed by atoms with van der Waals surface area (Å²) in [4.78, 5) is 13.5. The Labute approximate surface area is 101 Å². The summed E-state index contributed by atoms with van der Waals surface area (Å²) < 4.78 is 4.64. The summed E-state index contributed by atoms with van der Waals surface area (Å²) >= 11 is 1.72. The molecular weight excluding hydrogens is 222 g/mol. The third kappa shape index (κ3) is 3.94. The third-order valence-corrected chi connectivity index (χ3v) is 3.66. The van der Waals surface area contributed by atoms with Gasteiger partial charge in [0.15, 0.2) is 0 Å². The highest BCUT2D eigenvalue weighted by atomic mass is 32.1. The number of carbonyl (C=O) groups excluding carboxylic acids is 1. The molecule has 2 unspecified atom stereocenters. The van der Waals surface area contributed by atoms with Gasteiger partial charge in [-0.05, 0) is 31.4 Å². The molecule has 1 aromatic rings. The average molecular weight is 241 g/mol. The zero-order valence-electron chi connectivity index (χ0n) is 10.0. The fourth-order valence-corrected chi connectivity index (χ4v) is 2.55. The van der Waals surface area contributed by atoms with Crippen molar-refractivity contribution in [1.82, 2.24) is 0 Å². The highest BCUT2D eigenvalue weighted by Gasteiger charge is 2.15. The molecule has 1 heterocycles. The smallest absolute Gasteiger partial charge is 0.305 e. The van der Waals surface area contributed by atoms with E-state index in [1.54, 1.807) is 11.3 Å². The second kappa shape index (κ2) is 6.01. The molecule has 4 heteroatoms. The minimum absolute atomic E-state index is 0.0263. The molecule has 0 fully saturated rings.